The minimum atomic E-state index is 0.340. The Morgan fingerprint density at radius 1 is 1.47 bits per heavy atom. The first-order chi connectivity index (χ1) is 7.04. The van der Waals surface area contributed by atoms with Crippen LogP contribution in [0, 0.1) is 5.92 Å². The molecule has 1 heterocycles. The minimum absolute atomic E-state index is 0.340. The van der Waals surface area contributed by atoms with Gasteiger partial charge in [0.1, 0.15) is 0 Å². The molecule has 1 aliphatic rings. The zero-order valence-corrected chi connectivity index (χ0v) is 10.9. The number of hydrogen-bond acceptors (Lipinski definition) is 2. The summed E-state index contributed by atoms with van der Waals surface area (Å²) in [6.45, 7) is 11.5. The maximum absolute atomic E-state index is 5.72. The number of hydrogen-bond donors (Lipinski definition) is 1. The normalized spacial score (nSPS) is 29.0. The lowest BCUT2D eigenvalue weighted by molar-refractivity contribution is -0.0105. The van der Waals surface area contributed by atoms with Crippen LogP contribution in [-0.2, 0) is 0 Å². The van der Waals surface area contributed by atoms with E-state index in [4.69, 9.17) is 5.73 Å². The summed E-state index contributed by atoms with van der Waals surface area (Å²) in [6.07, 6.45) is 5.13. The van der Waals surface area contributed by atoms with Crippen molar-refractivity contribution in [3.63, 3.8) is 0 Å². The number of likely N-dealkylation sites (tertiary alicyclic amines) is 1. The van der Waals surface area contributed by atoms with Crippen molar-refractivity contribution in [1.29, 1.82) is 0 Å². The Hall–Kier alpha value is -0.0800. The van der Waals surface area contributed by atoms with E-state index < -0.39 is 0 Å². The van der Waals surface area contributed by atoms with E-state index in [0.29, 0.717) is 11.6 Å². The average Bonchev–Trinajstić information content (AvgIpc) is 2.20. The molecule has 2 nitrogen and oxygen atoms in total. The summed E-state index contributed by atoms with van der Waals surface area (Å²) in [5, 5.41) is 0. The summed E-state index contributed by atoms with van der Waals surface area (Å²) in [6, 6.07) is 0.709. The molecule has 0 amide bonds. The summed E-state index contributed by atoms with van der Waals surface area (Å²) in [5.74, 6) is 0.783. The van der Waals surface area contributed by atoms with Gasteiger partial charge in [0.15, 0.2) is 0 Å². The predicted molar refractivity (Wildman–Crippen MR) is 66.9 cm³/mol. The second-order valence-electron chi connectivity index (χ2n) is 5.52. The van der Waals surface area contributed by atoms with Gasteiger partial charge in [-0.05, 0) is 65.5 Å². The van der Waals surface area contributed by atoms with Gasteiger partial charge >= 0.3 is 0 Å². The van der Waals surface area contributed by atoms with Crippen LogP contribution >= 0.6 is 0 Å². The van der Waals surface area contributed by atoms with Crippen LogP contribution in [-0.4, -0.2) is 29.6 Å². The average molecular weight is 212 g/mol. The molecule has 1 aliphatic heterocycles. The topological polar surface area (TPSA) is 29.3 Å². The van der Waals surface area contributed by atoms with Crippen LogP contribution in [0.1, 0.15) is 53.4 Å². The van der Waals surface area contributed by atoms with Crippen LogP contribution in [0.25, 0.3) is 0 Å². The highest BCUT2D eigenvalue weighted by Gasteiger charge is 2.39. The monoisotopic (exact) mass is 212 g/mol. The van der Waals surface area contributed by atoms with Crippen LogP contribution in [0.2, 0.25) is 0 Å². The van der Waals surface area contributed by atoms with E-state index in [1.165, 1.54) is 32.2 Å². The highest BCUT2D eigenvalue weighted by atomic mass is 15.2. The standard InChI is InChI=1S/C13H28N2/c1-5-11(2)15-10-6-7-12(8-9-14)13(15,3)4/h11-12H,5-10,14H2,1-4H3. The van der Waals surface area contributed by atoms with Crippen molar-refractivity contribution in [3.8, 4) is 0 Å². The zero-order valence-electron chi connectivity index (χ0n) is 10.9. The van der Waals surface area contributed by atoms with Gasteiger partial charge in [-0.15, -0.1) is 0 Å². The fraction of sp³-hybridized carbons (Fsp3) is 1.00. The molecular formula is C13H28N2. The molecule has 1 saturated heterocycles. The Balaban J connectivity index is 2.72. The maximum Gasteiger partial charge on any atom is 0.0184 e. The Bertz CT molecular complexity index is 187. The molecule has 1 rings (SSSR count). The Kier molecular flexibility index (Phi) is 4.60. The van der Waals surface area contributed by atoms with Crippen molar-refractivity contribution in [3.05, 3.63) is 0 Å². The Morgan fingerprint density at radius 2 is 2.13 bits per heavy atom. The zero-order chi connectivity index (χ0) is 11.5. The van der Waals surface area contributed by atoms with Crippen molar-refractivity contribution >= 4 is 0 Å². The number of rotatable bonds is 4. The van der Waals surface area contributed by atoms with Crippen LogP contribution in [0.4, 0.5) is 0 Å². The summed E-state index contributed by atoms with van der Waals surface area (Å²) in [4.78, 5) is 2.69. The third kappa shape index (κ3) is 2.73. The predicted octanol–water partition coefficient (Wildman–Crippen LogP) is 2.62. The first kappa shape index (κ1) is 13.0. The molecule has 2 unspecified atom stereocenters. The van der Waals surface area contributed by atoms with Gasteiger partial charge in [-0.3, -0.25) is 4.90 Å². The highest BCUT2D eigenvalue weighted by Crippen LogP contribution is 2.36. The van der Waals surface area contributed by atoms with Gasteiger partial charge in [0.25, 0.3) is 0 Å². The molecule has 0 bridgehead atoms. The molecular weight excluding hydrogens is 184 g/mol. The second kappa shape index (κ2) is 5.31. The third-order valence-electron chi connectivity index (χ3n) is 4.33. The van der Waals surface area contributed by atoms with E-state index in [0.717, 1.165) is 12.5 Å². The lowest BCUT2D eigenvalue weighted by atomic mass is 9.76. The first-order valence-electron chi connectivity index (χ1n) is 6.50. The molecule has 2 atom stereocenters. The van der Waals surface area contributed by atoms with Gasteiger partial charge in [0, 0.05) is 11.6 Å². The number of nitrogens with zero attached hydrogens (tertiary/aromatic N) is 1. The molecule has 0 radical (unpaired) electrons. The SMILES string of the molecule is CCC(C)N1CCCC(CCN)C1(C)C. The van der Waals surface area contributed by atoms with Gasteiger partial charge < -0.3 is 5.73 Å². The molecule has 0 aromatic carbocycles. The largest absolute Gasteiger partial charge is 0.330 e. The van der Waals surface area contributed by atoms with Crippen LogP contribution in [0.5, 0.6) is 0 Å². The van der Waals surface area contributed by atoms with E-state index in [-0.39, 0.29) is 0 Å². The molecule has 15 heavy (non-hydrogen) atoms. The van der Waals surface area contributed by atoms with Crippen molar-refractivity contribution in [1.82, 2.24) is 4.90 Å². The molecule has 1 fully saturated rings. The fourth-order valence-corrected chi connectivity index (χ4v) is 3.09. The summed E-state index contributed by atoms with van der Waals surface area (Å²) in [7, 11) is 0. The van der Waals surface area contributed by atoms with Crippen molar-refractivity contribution in [2.75, 3.05) is 13.1 Å². The summed E-state index contributed by atoms with van der Waals surface area (Å²) < 4.78 is 0. The molecule has 0 spiro atoms. The van der Waals surface area contributed by atoms with Gasteiger partial charge in [-0.1, -0.05) is 6.92 Å². The molecule has 2 heteroatoms. The van der Waals surface area contributed by atoms with E-state index in [9.17, 15) is 0 Å². The number of nitrogens with two attached hydrogens (primary N) is 1. The second-order valence-corrected chi connectivity index (χ2v) is 5.52. The van der Waals surface area contributed by atoms with Gasteiger partial charge in [-0.25, -0.2) is 0 Å². The lowest BCUT2D eigenvalue weighted by Crippen LogP contribution is -2.56. The van der Waals surface area contributed by atoms with Crippen LogP contribution in [0.3, 0.4) is 0 Å². The van der Waals surface area contributed by atoms with Crippen molar-refractivity contribution in [2.24, 2.45) is 11.7 Å². The van der Waals surface area contributed by atoms with Crippen molar-refractivity contribution in [2.45, 2.75) is 65.0 Å². The van der Waals surface area contributed by atoms with Crippen LogP contribution in [0.15, 0.2) is 0 Å². The van der Waals surface area contributed by atoms with E-state index in [2.05, 4.69) is 32.6 Å². The first-order valence-corrected chi connectivity index (χ1v) is 6.50. The van der Waals surface area contributed by atoms with Crippen LogP contribution < -0.4 is 5.73 Å². The highest BCUT2D eigenvalue weighted by molar-refractivity contribution is 4.94. The lowest BCUT2D eigenvalue weighted by Gasteiger charge is -2.51. The molecule has 2 N–H and O–H groups in total. The summed E-state index contributed by atoms with van der Waals surface area (Å²) in [5.41, 5.74) is 6.06. The summed E-state index contributed by atoms with van der Waals surface area (Å²) >= 11 is 0. The number of piperidine rings is 1. The Morgan fingerprint density at radius 3 is 2.67 bits per heavy atom. The minimum Gasteiger partial charge on any atom is -0.330 e. The molecule has 0 aromatic heterocycles. The molecule has 0 aliphatic carbocycles. The fourth-order valence-electron chi connectivity index (χ4n) is 3.09. The van der Waals surface area contributed by atoms with E-state index in [1.54, 1.807) is 0 Å². The molecule has 0 aromatic rings. The van der Waals surface area contributed by atoms with Gasteiger partial charge in [0.2, 0.25) is 0 Å². The quantitative estimate of drug-likeness (QED) is 0.776. The molecule has 90 valence electrons. The smallest absolute Gasteiger partial charge is 0.0184 e. The Labute approximate surface area is 95.2 Å². The maximum atomic E-state index is 5.72. The van der Waals surface area contributed by atoms with Gasteiger partial charge in [0.05, 0.1) is 0 Å². The van der Waals surface area contributed by atoms with Gasteiger partial charge in [-0.2, -0.15) is 0 Å². The van der Waals surface area contributed by atoms with E-state index >= 15 is 0 Å². The molecule has 0 saturated carbocycles. The third-order valence-corrected chi connectivity index (χ3v) is 4.33. The van der Waals surface area contributed by atoms with Crippen molar-refractivity contribution < 1.29 is 0 Å². The van der Waals surface area contributed by atoms with E-state index in [1.807, 2.05) is 0 Å².